The number of hydrogen-bond acceptors (Lipinski definition) is 2. The molecule has 20 heavy (non-hydrogen) atoms. The van der Waals surface area contributed by atoms with Gasteiger partial charge in [0.15, 0.2) is 0 Å². The molecular formula is C18H32N2. The van der Waals surface area contributed by atoms with Crippen molar-refractivity contribution in [1.29, 1.82) is 0 Å². The molecule has 0 bridgehead atoms. The van der Waals surface area contributed by atoms with Crippen molar-refractivity contribution in [3.8, 4) is 0 Å². The summed E-state index contributed by atoms with van der Waals surface area (Å²) in [7, 11) is 2.20. The second-order valence-corrected chi connectivity index (χ2v) is 6.76. The molecule has 0 aliphatic rings. The molecule has 0 spiro atoms. The lowest BCUT2D eigenvalue weighted by molar-refractivity contribution is 0.167. The second kappa shape index (κ2) is 7.24. The summed E-state index contributed by atoms with van der Waals surface area (Å²) in [5, 5.41) is 0. The van der Waals surface area contributed by atoms with Crippen LogP contribution in [-0.4, -0.2) is 24.5 Å². The molecule has 0 heterocycles. The largest absolute Gasteiger partial charge is 0.329 e. The maximum atomic E-state index is 6.04. The van der Waals surface area contributed by atoms with E-state index in [1.165, 1.54) is 24.0 Å². The van der Waals surface area contributed by atoms with Crippen LogP contribution in [0, 0.1) is 0 Å². The van der Waals surface area contributed by atoms with Crippen LogP contribution in [-0.2, 0) is 5.41 Å². The van der Waals surface area contributed by atoms with Gasteiger partial charge in [0, 0.05) is 18.6 Å². The van der Waals surface area contributed by atoms with Crippen LogP contribution in [0.4, 0.5) is 0 Å². The number of benzene rings is 1. The Morgan fingerprint density at radius 3 is 1.90 bits per heavy atom. The third-order valence-corrected chi connectivity index (χ3v) is 4.39. The van der Waals surface area contributed by atoms with Gasteiger partial charge in [-0.3, -0.25) is 4.90 Å². The molecule has 2 nitrogen and oxygen atoms in total. The van der Waals surface area contributed by atoms with E-state index in [0.29, 0.717) is 18.6 Å². The average Bonchev–Trinajstić information content (AvgIpc) is 2.40. The van der Waals surface area contributed by atoms with Crippen LogP contribution in [0.15, 0.2) is 24.3 Å². The van der Waals surface area contributed by atoms with Gasteiger partial charge >= 0.3 is 0 Å². The van der Waals surface area contributed by atoms with Crippen LogP contribution in [0.5, 0.6) is 0 Å². The fourth-order valence-electron chi connectivity index (χ4n) is 2.86. The number of likely N-dealkylation sites (N-methyl/N-ethyl adjacent to an activating group) is 1. The predicted molar refractivity (Wildman–Crippen MR) is 89.1 cm³/mol. The smallest absolute Gasteiger partial charge is 0.0470 e. The molecule has 0 aromatic heterocycles. The van der Waals surface area contributed by atoms with Crippen molar-refractivity contribution < 1.29 is 0 Å². The molecule has 0 aliphatic carbocycles. The summed E-state index contributed by atoms with van der Waals surface area (Å²) in [6.07, 6.45) is 2.34. The first-order valence-corrected chi connectivity index (χ1v) is 7.87. The fraction of sp³-hybridized carbons (Fsp3) is 0.667. The summed E-state index contributed by atoms with van der Waals surface area (Å²) < 4.78 is 0. The van der Waals surface area contributed by atoms with Gasteiger partial charge in [0.1, 0.15) is 0 Å². The Balaban J connectivity index is 2.95. The summed E-state index contributed by atoms with van der Waals surface area (Å²) >= 11 is 0. The van der Waals surface area contributed by atoms with E-state index < -0.39 is 0 Å². The van der Waals surface area contributed by atoms with Crippen molar-refractivity contribution in [3.05, 3.63) is 35.4 Å². The lowest BCUT2D eigenvalue weighted by Crippen LogP contribution is -2.38. The molecule has 0 amide bonds. The average molecular weight is 276 g/mol. The van der Waals surface area contributed by atoms with Crippen molar-refractivity contribution in [2.24, 2.45) is 5.73 Å². The van der Waals surface area contributed by atoms with E-state index in [1.807, 2.05) is 0 Å². The van der Waals surface area contributed by atoms with Crippen LogP contribution >= 0.6 is 0 Å². The zero-order valence-electron chi connectivity index (χ0n) is 14.1. The number of nitrogens with zero attached hydrogens (tertiary/aromatic N) is 1. The third kappa shape index (κ3) is 4.07. The zero-order valence-corrected chi connectivity index (χ0v) is 14.1. The SMILES string of the molecule is CCC(CC)N(C)C(CN)c1ccc(C(C)(C)C)cc1. The van der Waals surface area contributed by atoms with Crippen LogP contribution in [0.25, 0.3) is 0 Å². The van der Waals surface area contributed by atoms with Crippen molar-refractivity contribution in [2.45, 2.75) is 65.0 Å². The number of hydrogen-bond donors (Lipinski definition) is 1. The molecule has 0 saturated heterocycles. The molecule has 2 N–H and O–H groups in total. The molecule has 1 atom stereocenters. The van der Waals surface area contributed by atoms with E-state index in [1.54, 1.807) is 0 Å². The Morgan fingerprint density at radius 2 is 1.55 bits per heavy atom. The van der Waals surface area contributed by atoms with E-state index in [0.717, 1.165) is 0 Å². The predicted octanol–water partition coefficient (Wildman–Crippen LogP) is 4.10. The minimum Gasteiger partial charge on any atom is -0.329 e. The normalized spacial score (nSPS) is 14.1. The van der Waals surface area contributed by atoms with Crippen LogP contribution < -0.4 is 5.73 Å². The molecule has 0 aliphatic heterocycles. The van der Waals surface area contributed by atoms with Gasteiger partial charge in [-0.1, -0.05) is 58.9 Å². The molecule has 1 aromatic rings. The maximum absolute atomic E-state index is 6.04. The van der Waals surface area contributed by atoms with Crippen molar-refractivity contribution in [3.63, 3.8) is 0 Å². The molecule has 0 radical (unpaired) electrons. The molecule has 0 saturated carbocycles. The summed E-state index contributed by atoms with van der Waals surface area (Å²) in [5.74, 6) is 0. The highest BCUT2D eigenvalue weighted by molar-refractivity contribution is 5.29. The van der Waals surface area contributed by atoms with Crippen molar-refractivity contribution >= 4 is 0 Å². The van der Waals surface area contributed by atoms with Gasteiger partial charge in [0.05, 0.1) is 0 Å². The molecule has 0 fully saturated rings. The zero-order chi connectivity index (χ0) is 15.3. The standard InChI is InChI=1S/C18H32N2/c1-7-16(8-2)20(6)17(13-19)14-9-11-15(12-10-14)18(3,4)5/h9-12,16-17H,7-8,13,19H2,1-6H3. The molecule has 1 unspecified atom stereocenters. The Hall–Kier alpha value is -0.860. The topological polar surface area (TPSA) is 29.3 Å². The number of rotatable bonds is 6. The summed E-state index contributed by atoms with van der Waals surface area (Å²) in [6, 6.07) is 9.91. The summed E-state index contributed by atoms with van der Waals surface area (Å²) in [5.41, 5.74) is 8.95. The van der Waals surface area contributed by atoms with Gasteiger partial charge in [-0.15, -0.1) is 0 Å². The van der Waals surface area contributed by atoms with Gasteiger partial charge in [0.2, 0.25) is 0 Å². The first-order valence-electron chi connectivity index (χ1n) is 7.87. The molecular weight excluding hydrogens is 244 g/mol. The van der Waals surface area contributed by atoms with E-state index in [-0.39, 0.29) is 5.41 Å². The van der Waals surface area contributed by atoms with Crippen molar-refractivity contribution in [2.75, 3.05) is 13.6 Å². The summed E-state index contributed by atoms with van der Waals surface area (Å²) in [4.78, 5) is 2.44. The maximum Gasteiger partial charge on any atom is 0.0470 e. The summed E-state index contributed by atoms with van der Waals surface area (Å²) in [6.45, 7) is 11.9. The number of nitrogens with two attached hydrogens (primary N) is 1. The first kappa shape index (κ1) is 17.2. The highest BCUT2D eigenvalue weighted by atomic mass is 15.2. The van der Waals surface area contributed by atoms with E-state index in [2.05, 4.69) is 70.8 Å². The Bertz CT molecular complexity index is 385. The highest BCUT2D eigenvalue weighted by Crippen LogP contribution is 2.27. The highest BCUT2D eigenvalue weighted by Gasteiger charge is 2.21. The molecule has 2 heteroatoms. The van der Waals surface area contributed by atoms with Crippen molar-refractivity contribution in [1.82, 2.24) is 4.90 Å². The fourth-order valence-corrected chi connectivity index (χ4v) is 2.86. The monoisotopic (exact) mass is 276 g/mol. The van der Waals surface area contributed by atoms with Gasteiger partial charge < -0.3 is 5.73 Å². The minimum absolute atomic E-state index is 0.206. The lowest BCUT2D eigenvalue weighted by atomic mass is 9.86. The Labute approximate surface area is 125 Å². The second-order valence-electron chi connectivity index (χ2n) is 6.76. The van der Waals surface area contributed by atoms with E-state index >= 15 is 0 Å². The van der Waals surface area contributed by atoms with Gasteiger partial charge in [0.25, 0.3) is 0 Å². The molecule has 1 rings (SSSR count). The lowest BCUT2D eigenvalue weighted by Gasteiger charge is -2.34. The van der Waals surface area contributed by atoms with Gasteiger partial charge in [-0.2, -0.15) is 0 Å². The third-order valence-electron chi connectivity index (χ3n) is 4.39. The van der Waals surface area contributed by atoms with Gasteiger partial charge in [-0.05, 0) is 36.4 Å². The Morgan fingerprint density at radius 1 is 1.05 bits per heavy atom. The van der Waals surface area contributed by atoms with Gasteiger partial charge in [-0.25, -0.2) is 0 Å². The minimum atomic E-state index is 0.206. The molecule has 1 aromatic carbocycles. The van der Waals surface area contributed by atoms with Crippen LogP contribution in [0.2, 0.25) is 0 Å². The van der Waals surface area contributed by atoms with E-state index in [9.17, 15) is 0 Å². The van der Waals surface area contributed by atoms with E-state index in [4.69, 9.17) is 5.73 Å². The Kier molecular flexibility index (Phi) is 6.22. The molecule has 114 valence electrons. The van der Waals surface area contributed by atoms with Crippen LogP contribution in [0.3, 0.4) is 0 Å². The first-order chi connectivity index (χ1) is 9.35. The quantitative estimate of drug-likeness (QED) is 0.847. The van der Waals surface area contributed by atoms with Crippen LogP contribution in [0.1, 0.15) is 64.6 Å².